The third kappa shape index (κ3) is 4.74. The minimum absolute atomic E-state index is 0.00939. The zero-order chi connectivity index (χ0) is 37.9. The van der Waals surface area contributed by atoms with Gasteiger partial charge in [0.25, 0.3) is 0 Å². The van der Waals surface area contributed by atoms with Crippen LogP contribution in [0.3, 0.4) is 0 Å². The molecule has 5 heterocycles. The molecular weight excluding hydrogens is 747 g/mol. The molecule has 0 spiro atoms. The molecule has 0 amide bonds. The zero-order valence-electron chi connectivity index (χ0n) is 31.3. The highest BCUT2D eigenvalue weighted by Gasteiger charge is 2.42. The van der Waals surface area contributed by atoms with E-state index in [9.17, 15) is 0 Å². The van der Waals surface area contributed by atoms with E-state index in [4.69, 9.17) is 9.98 Å². The van der Waals surface area contributed by atoms with Crippen molar-refractivity contribution in [1.29, 1.82) is 0 Å². The molecular formula is C51H35N5S2. The Labute approximate surface area is 342 Å². The average Bonchev–Trinajstić information content (AvgIpc) is 4.04. The van der Waals surface area contributed by atoms with Crippen LogP contribution < -0.4 is 10.2 Å². The van der Waals surface area contributed by atoms with Crippen LogP contribution in [0.15, 0.2) is 168 Å². The highest BCUT2D eigenvalue weighted by Crippen LogP contribution is 2.51. The molecule has 0 saturated carbocycles. The smallest absolute Gasteiger partial charge is 0.230 e. The predicted molar refractivity (Wildman–Crippen MR) is 246 cm³/mol. The molecule has 4 aliphatic rings. The number of aryl methyl sites for hydroxylation is 1. The van der Waals surface area contributed by atoms with Crippen molar-refractivity contribution in [3.8, 4) is 5.69 Å². The van der Waals surface area contributed by atoms with E-state index >= 15 is 0 Å². The molecule has 3 aromatic heterocycles. The van der Waals surface area contributed by atoms with Gasteiger partial charge in [0.05, 0.1) is 22.8 Å². The Morgan fingerprint density at radius 1 is 0.672 bits per heavy atom. The number of fused-ring (bicyclic) bond motifs is 13. The maximum atomic E-state index is 5.63. The van der Waals surface area contributed by atoms with Gasteiger partial charge in [-0.3, -0.25) is 0 Å². The molecule has 13 rings (SSSR count). The Balaban J connectivity index is 1.06. The van der Waals surface area contributed by atoms with Gasteiger partial charge in [0.15, 0.2) is 0 Å². The number of benzene rings is 6. The van der Waals surface area contributed by atoms with Gasteiger partial charge in [0, 0.05) is 63.1 Å². The molecule has 0 radical (unpaired) electrons. The van der Waals surface area contributed by atoms with E-state index < -0.39 is 0 Å². The highest BCUT2D eigenvalue weighted by molar-refractivity contribution is 7.25. The summed E-state index contributed by atoms with van der Waals surface area (Å²) < 4.78 is 6.35. The minimum Gasteiger partial charge on any atom is -0.344 e. The van der Waals surface area contributed by atoms with Crippen LogP contribution in [0.4, 0.5) is 5.69 Å². The molecule has 6 aromatic carbocycles. The van der Waals surface area contributed by atoms with E-state index in [2.05, 4.69) is 179 Å². The second-order valence-corrected chi connectivity index (χ2v) is 17.8. The molecule has 2 aliphatic heterocycles. The Bertz CT molecular complexity index is 3360. The molecule has 3 atom stereocenters. The number of hydrogen-bond acceptors (Lipinski definition) is 6. The lowest BCUT2D eigenvalue weighted by Crippen LogP contribution is -2.43. The minimum atomic E-state index is -0.359. The summed E-state index contributed by atoms with van der Waals surface area (Å²) in [6.45, 7) is 0. The Morgan fingerprint density at radius 3 is 2.43 bits per heavy atom. The van der Waals surface area contributed by atoms with Crippen LogP contribution in [-0.2, 0) is 6.42 Å². The predicted octanol–water partition coefficient (Wildman–Crippen LogP) is 12.8. The van der Waals surface area contributed by atoms with Crippen LogP contribution in [0.2, 0.25) is 0 Å². The van der Waals surface area contributed by atoms with Gasteiger partial charge in [-0.15, -0.1) is 22.7 Å². The molecule has 3 unspecified atom stereocenters. The van der Waals surface area contributed by atoms with Gasteiger partial charge < -0.3 is 14.8 Å². The number of aliphatic imine (C=N–C) groups is 2. The molecule has 58 heavy (non-hydrogen) atoms. The van der Waals surface area contributed by atoms with E-state index in [1.807, 2.05) is 22.7 Å². The van der Waals surface area contributed by atoms with Gasteiger partial charge in [-0.05, 0) is 84.1 Å². The van der Waals surface area contributed by atoms with E-state index in [0.29, 0.717) is 5.96 Å². The van der Waals surface area contributed by atoms with Gasteiger partial charge in [-0.25, -0.2) is 4.99 Å². The topological polar surface area (TPSA) is 44.9 Å². The fourth-order valence-corrected chi connectivity index (χ4v) is 12.1. The quantitative estimate of drug-likeness (QED) is 0.194. The number of allylic oxidation sites excluding steroid dienone is 3. The summed E-state index contributed by atoms with van der Waals surface area (Å²) in [6.07, 6.45) is 15.5. The average molecular weight is 782 g/mol. The maximum absolute atomic E-state index is 5.63. The number of thiophene rings is 2. The summed E-state index contributed by atoms with van der Waals surface area (Å²) >= 11 is 3.77. The number of guanidine groups is 1. The molecule has 0 saturated heterocycles. The summed E-state index contributed by atoms with van der Waals surface area (Å²) in [5, 5.41) is 10.2. The number of hydrogen-bond donors (Lipinski definition) is 1. The van der Waals surface area contributed by atoms with E-state index in [1.165, 1.54) is 68.1 Å². The second-order valence-electron chi connectivity index (χ2n) is 15.6. The lowest BCUT2D eigenvalue weighted by Gasteiger charge is -2.32. The number of para-hydroxylation sites is 2. The van der Waals surface area contributed by atoms with Gasteiger partial charge in [0.2, 0.25) is 5.96 Å². The lowest BCUT2D eigenvalue weighted by atomic mass is 9.91. The van der Waals surface area contributed by atoms with Crippen molar-refractivity contribution < 1.29 is 0 Å². The fraction of sp³-hybridized carbons (Fsp3) is 0.0980. The maximum Gasteiger partial charge on any atom is 0.230 e. The third-order valence-electron chi connectivity index (χ3n) is 12.4. The largest absolute Gasteiger partial charge is 0.344 e. The normalized spacial score (nSPS) is 19.5. The number of anilines is 1. The van der Waals surface area contributed by atoms with Crippen LogP contribution >= 0.6 is 22.7 Å². The number of aromatic nitrogens is 1. The summed E-state index contributed by atoms with van der Waals surface area (Å²) in [6, 6.07) is 46.7. The van der Waals surface area contributed by atoms with Crippen molar-refractivity contribution in [3.05, 3.63) is 185 Å². The molecule has 5 nitrogen and oxygen atoms in total. The Hall–Kier alpha value is -6.54. The van der Waals surface area contributed by atoms with Crippen LogP contribution in [0.1, 0.15) is 45.6 Å². The zero-order valence-corrected chi connectivity index (χ0v) is 33.0. The first-order valence-electron chi connectivity index (χ1n) is 20.1. The van der Waals surface area contributed by atoms with Crippen LogP contribution in [0.25, 0.3) is 63.8 Å². The van der Waals surface area contributed by atoms with Crippen molar-refractivity contribution >= 4 is 98.3 Å². The van der Waals surface area contributed by atoms with Crippen molar-refractivity contribution in [2.45, 2.75) is 31.0 Å². The molecule has 276 valence electrons. The highest BCUT2D eigenvalue weighted by atomic mass is 32.1. The Morgan fingerprint density at radius 2 is 1.48 bits per heavy atom. The SMILES string of the molecule is C1=CC2c3ccc4c5ccccc5n(-c5ccccc5)c4c3N(C3=NC(c4ccc5sc6ccccc6c5c4)NC(c4ccc5sc6c(c5c4)C=CCC6)=N3)C2C=C1. The second kappa shape index (κ2) is 12.5. The molecule has 0 fully saturated rings. The van der Waals surface area contributed by atoms with Crippen LogP contribution in [-0.4, -0.2) is 22.4 Å². The number of rotatable bonds is 3. The van der Waals surface area contributed by atoms with Gasteiger partial charge >= 0.3 is 0 Å². The van der Waals surface area contributed by atoms with E-state index in [-0.39, 0.29) is 18.1 Å². The van der Waals surface area contributed by atoms with Crippen molar-refractivity contribution in [3.63, 3.8) is 0 Å². The summed E-state index contributed by atoms with van der Waals surface area (Å²) in [5.41, 5.74) is 9.49. The van der Waals surface area contributed by atoms with Gasteiger partial charge in [0.1, 0.15) is 12.0 Å². The first-order valence-corrected chi connectivity index (χ1v) is 21.7. The van der Waals surface area contributed by atoms with Crippen molar-refractivity contribution in [2.24, 2.45) is 9.98 Å². The number of nitrogens with one attached hydrogen (secondary N) is 1. The molecule has 9 aromatic rings. The number of nitrogens with zero attached hydrogens (tertiary/aromatic N) is 4. The van der Waals surface area contributed by atoms with Crippen molar-refractivity contribution in [2.75, 3.05) is 4.90 Å². The molecule has 1 N–H and O–H groups in total. The standard InChI is InChI=1S/C51H35N5S2/c1-2-12-32(13-3-1)55-41-18-8-4-14-33(41)37-24-25-38-34-15-5-9-19-42(34)56(48(38)47(37)55)51-53-49(30-22-26-45-39(28-30)35-16-6-10-20-43(35)57-45)52-50(54-51)31-23-27-46-40(29-31)36-17-7-11-21-44(36)58-46/h1-10,12-20,22-29,34,42,49H,11,21H2,(H,52,53,54). The van der Waals surface area contributed by atoms with Gasteiger partial charge in [-0.1, -0.05) is 109 Å². The third-order valence-corrected chi connectivity index (χ3v) is 14.8. The monoisotopic (exact) mass is 781 g/mol. The summed E-state index contributed by atoms with van der Waals surface area (Å²) in [7, 11) is 0. The molecule has 2 aliphatic carbocycles. The van der Waals surface area contributed by atoms with Crippen molar-refractivity contribution in [1.82, 2.24) is 9.88 Å². The van der Waals surface area contributed by atoms with Crippen LogP contribution in [0.5, 0.6) is 0 Å². The first-order chi connectivity index (χ1) is 28.7. The summed E-state index contributed by atoms with van der Waals surface area (Å²) in [4.78, 5) is 15.1. The Kier molecular flexibility index (Phi) is 7.00. The lowest BCUT2D eigenvalue weighted by molar-refractivity contribution is 0.662. The van der Waals surface area contributed by atoms with Crippen LogP contribution in [0, 0.1) is 0 Å². The number of amidine groups is 1. The molecule has 7 heteroatoms. The summed E-state index contributed by atoms with van der Waals surface area (Å²) in [5.74, 6) is 1.70. The fourth-order valence-electron chi connectivity index (χ4n) is 9.81. The molecule has 0 bridgehead atoms. The van der Waals surface area contributed by atoms with Gasteiger partial charge in [-0.2, -0.15) is 4.99 Å². The van der Waals surface area contributed by atoms with E-state index in [1.54, 1.807) is 0 Å². The van der Waals surface area contributed by atoms with E-state index in [0.717, 1.165) is 41.2 Å². The first kappa shape index (κ1) is 32.5.